The molecule has 2 N–H and O–H groups in total. The molecule has 0 spiro atoms. The van der Waals surface area contributed by atoms with Crippen molar-refractivity contribution in [3.05, 3.63) is 47.8 Å². The van der Waals surface area contributed by atoms with Gasteiger partial charge in [-0.05, 0) is 5.56 Å². The number of aldehydes is 1. The van der Waals surface area contributed by atoms with Crippen LogP contribution in [0.4, 0.5) is 0 Å². The van der Waals surface area contributed by atoms with Crippen LogP contribution in [0, 0.1) is 0 Å². The number of carbonyl (C=O) groups excluding carboxylic acids is 2. The molecule has 0 aliphatic carbocycles. The highest BCUT2D eigenvalue weighted by atomic mass is 16.1. The molecular weight excluding hydrogens is 192 g/mol. The molecule has 0 unspecified atom stereocenters. The van der Waals surface area contributed by atoms with Crippen LogP contribution in [0.2, 0.25) is 0 Å². The summed E-state index contributed by atoms with van der Waals surface area (Å²) in [6.45, 7) is 0.610. The van der Waals surface area contributed by atoms with E-state index >= 15 is 0 Å². The van der Waals surface area contributed by atoms with E-state index in [9.17, 15) is 9.59 Å². The molecule has 1 aromatic carbocycles. The second-order valence-electron chi connectivity index (χ2n) is 2.85. The molecule has 4 nitrogen and oxygen atoms in total. The minimum absolute atomic E-state index is 0.209. The molecule has 0 radical (unpaired) electrons. The molecule has 1 amide bonds. The number of amides is 1. The van der Waals surface area contributed by atoms with Crippen molar-refractivity contribution < 1.29 is 9.59 Å². The Hall–Kier alpha value is -2.10. The lowest BCUT2D eigenvalue weighted by molar-refractivity contribution is -0.111. The Morgan fingerprint density at radius 3 is 2.53 bits per heavy atom. The molecule has 1 aromatic rings. The molecule has 0 bridgehead atoms. The van der Waals surface area contributed by atoms with Crippen LogP contribution in [0.25, 0.3) is 0 Å². The van der Waals surface area contributed by atoms with E-state index in [0.717, 1.165) is 5.56 Å². The highest BCUT2D eigenvalue weighted by Gasteiger charge is 1.91. The van der Waals surface area contributed by atoms with E-state index in [0.29, 0.717) is 19.2 Å². The van der Waals surface area contributed by atoms with Crippen molar-refractivity contribution in [2.24, 2.45) is 0 Å². The molecule has 0 heterocycles. The van der Waals surface area contributed by atoms with Crippen LogP contribution in [0.3, 0.4) is 0 Å². The van der Waals surface area contributed by atoms with E-state index in [1.54, 1.807) is 0 Å². The second kappa shape index (κ2) is 6.37. The van der Waals surface area contributed by atoms with Gasteiger partial charge in [0.05, 0.1) is 5.70 Å². The summed E-state index contributed by atoms with van der Waals surface area (Å²) in [6, 6.07) is 9.74. The topological polar surface area (TPSA) is 58.2 Å². The minimum atomic E-state index is 0.209. The highest BCUT2D eigenvalue weighted by molar-refractivity contribution is 5.76. The van der Waals surface area contributed by atoms with Gasteiger partial charge < -0.3 is 10.6 Å². The van der Waals surface area contributed by atoms with E-state index < -0.39 is 0 Å². The maximum Gasteiger partial charge on any atom is 0.211 e. The Balaban J connectivity index is 2.43. The number of rotatable bonds is 6. The van der Waals surface area contributed by atoms with Gasteiger partial charge in [0.2, 0.25) is 6.41 Å². The zero-order valence-electron chi connectivity index (χ0n) is 8.14. The lowest BCUT2D eigenvalue weighted by Crippen LogP contribution is -2.15. The molecular formula is C11H12N2O2. The molecule has 1 rings (SSSR count). The summed E-state index contributed by atoms with van der Waals surface area (Å²) >= 11 is 0. The Labute approximate surface area is 88.0 Å². The summed E-state index contributed by atoms with van der Waals surface area (Å²) in [5.41, 5.74) is 1.31. The third-order valence-corrected chi connectivity index (χ3v) is 1.76. The Kier molecular flexibility index (Phi) is 4.66. The molecule has 4 heteroatoms. The first-order chi connectivity index (χ1) is 7.36. The molecule has 0 atom stereocenters. The normalized spacial score (nSPS) is 10.5. The van der Waals surface area contributed by atoms with Gasteiger partial charge in [-0.25, -0.2) is 0 Å². The average Bonchev–Trinajstić information content (AvgIpc) is 2.29. The zero-order valence-corrected chi connectivity index (χ0v) is 8.14. The Bertz CT molecular complexity index is 347. The predicted molar refractivity (Wildman–Crippen MR) is 56.6 cm³/mol. The van der Waals surface area contributed by atoms with Crippen LogP contribution in [0.15, 0.2) is 42.2 Å². The van der Waals surface area contributed by atoms with E-state index in [4.69, 9.17) is 0 Å². The molecule has 0 saturated carbocycles. The van der Waals surface area contributed by atoms with Crippen LogP contribution in [-0.2, 0) is 16.1 Å². The first kappa shape index (κ1) is 11.0. The summed E-state index contributed by atoms with van der Waals surface area (Å²) in [7, 11) is 0. The maximum atomic E-state index is 10.4. The van der Waals surface area contributed by atoms with Crippen molar-refractivity contribution in [1.82, 2.24) is 10.6 Å². The largest absolute Gasteiger partial charge is 0.385 e. The minimum Gasteiger partial charge on any atom is -0.385 e. The van der Waals surface area contributed by atoms with Gasteiger partial charge in [0.25, 0.3) is 0 Å². The summed E-state index contributed by atoms with van der Waals surface area (Å²) < 4.78 is 0. The van der Waals surface area contributed by atoms with Gasteiger partial charge >= 0.3 is 0 Å². The summed E-state index contributed by atoms with van der Waals surface area (Å²) in [5, 5.41) is 5.19. The predicted octanol–water partition coefficient (Wildman–Crippen LogP) is 0.562. The zero-order chi connectivity index (χ0) is 10.9. The molecule has 15 heavy (non-hydrogen) atoms. The highest BCUT2D eigenvalue weighted by Crippen LogP contribution is 1.96. The Morgan fingerprint density at radius 2 is 1.93 bits per heavy atom. The number of hydrogen-bond acceptors (Lipinski definition) is 3. The molecule has 78 valence electrons. The van der Waals surface area contributed by atoms with Crippen LogP contribution in [0.1, 0.15) is 5.56 Å². The van der Waals surface area contributed by atoms with Crippen molar-refractivity contribution in [3.8, 4) is 0 Å². The summed E-state index contributed by atoms with van der Waals surface area (Å²) in [5.74, 6) is 0. The number of carbonyl (C=O) groups is 2. The van der Waals surface area contributed by atoms with Crippen molar-refractivity contribution >= 4 is 12.7 Å². The first-order valence-electron chi connectivity index (χ1n) is 4.49. The smallest absolute Gasteiger partial charge is 0.211 e. The molecule has 0 aromatic heterocycles. The fourth-order valence-corrected chi connectivity index (χ4v) is 1.05. The van der Waals surface area contributed by atoms with E-state index in [1.807, 2.05) is 30.3 Å². The van der Waals surface area contributed by atoms with Crippen molar-refractivity contribution in [2.45, 2.75) is 6.54 Å². The van der Waals surface area contributed by atoms with E-state index in [2.05, 4.69) is 10.6 Å². The van der Waals surface area contributed by atoms with E-state index in [-0.39, 0.29) is 5.70 Å². The number of nitrogens with one attached hydrogen (secondary N) is 2. The average molecular weight is 204 g/mol. The Morgan fingerprint density at radius 1 is 1.20 bits per heavy atom. The third kappa shape index (κ3) is 4.08. The van der Waals surface area contributed by atoms with Crippen LogP contribution >= 0.6 is 0 Å². The summed E-state index contributed by atoms with van der Waals surface area (Å²) in [6.07, 6.45) is 2.51. The third-order valence-electron chi connectivity index (χ3n) is 1.76. The van der Waals surface area contributed by atoms with Gasteiger partial charge in [0.15, 0.2) is 6.29 Å². The first-order valence-corrected chi connectivity index (χ1v) is 4.49. The SMILES string of the molecule is O=CN/C(C=O)=C\NCc1ccccc1. The van der Waals surface area contributed by atoms with E-state index in [1.165, 1.54) is 6.20 Å². The maximum absolute atomic E-state index is 10.4. The van der Waals surface area contributed by atoms with Gasteiger partial charge in [0.1, 0.15) is 0 Å². The monoisotopic (exact) mass is 204 g/mol. The molecule has 0 aliphatic heterocycles. The molecule has 0 saturated heterocycles. The van der Waals surface area contributed by atoms with Gasteiger partial charge in [-0.1, -0.05) is 30.3 Å². The van der Waals surface area contributed by atoms with Gasteiger partial charge in [-0.15, -0.1) is 0 Å². The summed E-state index contributed by atoms with van der Waals surface area (Å²) in [4.78, 5) is 20.5. The van der Waals surface area contributed by atoms with Crippen molar-refractivity contribution in [2.75, 3.05) is 0 Å². The quantitative estimate of drug-likeness (QED) is 0.526. The fraction of sp³-hybridized carbons (Fsp3) is 0.0909. The second-order valence-corrected chi connectivity index (χ2v) is 2.85. The lowest BCUT2D eigenvalue weighted by atomic mass is 10.2. The number of allylic oxidation sites excluding steroid dienone is 1. The molecule has 0 aliphatic rings. The van der Waals surface area contributed by atoms with Crippen LogP contribution < -0.4 is 10.6 Å². The van der Waals surface area contributed by atoms with Crippen LogP contribution in [-0.4, -0.2) is 12.7 Å². The van der Waals surface area contributed by atoms with Gasteiger partial charge in [-0.2, -0.15) is 0 Å². The number of benzene rings is 1. The molecule has 0 fully saturated rings. The van der Waals surface area contributed by atoms with Gasteiger partial charge in [0, 0.05) is 12.7 Å². The fourth-order valence-electron chi connectivity index (χ4n) is 1.05. The standard InChI is InChI=1S/C11H12N2O2/c14-8-11(13-9-15)7-12-6-10-4-2-1-3-5-10/h1-5,7-9,12H,6H2,(H,13,15)/b11-7-. The van der Waals surface area contributed by atoms with Crippen LogP contribution in [0.5, 0.6) is 0 Å². The lowest BCUT2D eigenvalue weighted by Gasteiger charge is -2.02. The van der Waals surface area contributed by atoms with Gasteiger partial charge in [-0.3, -0.25) is 9.59 Å². The van der Waals surface area contributed by atoms with Crippen molar-refractivity contribution in [3.63, 3.8) is 0 Å². The van der Waals surface area contributed by atoms with Crippen molar-refractivity contribution in [1.29, 1.82) is 0 Å². The number of hydrogen-bond donors (Lipinski definition) is 2.